The summed E-state index contributed by atoms with van der Waals surface area (Å²) in [5.74, 6) is 2.41. The first-order valence-corrected chi connectivity index (χ1v) is 9.72. The highest BCUT2D eigenvalue weighted by Crippen LogP contribution is 2.32. The van der Waals surface area contributed by atoms with Crippen molar-refractivity contribution in [3.63, 3.8) is 0 Å². The summed E-state index contributed by atoms with van der Waals surface area (Å²) >= 11 is 0. The van der Waals surface area contributed by atoms with Crippen LogP contribution in [0.15, 0.2) is 42.5 Å². The molecule has 25 heavy (non-hydrogen) atoms. The summed E-state index contributed by atoms with van der Waals surface area (Å²) in [6.45, 7) is 13.3. The molecule has 0 bridgehead atoms. The van der Waals surface area contributed by atoms with Crippen molar-refractivity contribution in [1.82, 2.24) is 0 Å². The predicted molar refractivity (Wildman–Crippen MR) is 109 cm³/mol. The molecule has 0 aliphatic carbocycles. The number of hydrogen-bond acceptors (Lipinski definition) is 1. The van der Waals surface area contributed by atoms with Gasteiger partial charge < -0.3 is 5.11 Å². The standard InChI is InChI=1S/C24H34O/c1-16(2)20-9-11-21(12-10-20)18(5)7-8-19(6)22-13-14-23(17(3)4)24(25)15-22/h9-19,25H,7-8H2,1-6H3. The van der Waals surface area contributed by atoms with Crippen LogP contribution in [0, 0.1) is 0 Å². The molecule has 0 saturated heterocycles. The Morgan fingerprint density at radius 1 is 0.640 bits per heavy atom. The summed E-state index contributed by atoms with van der Waals surface area (Å²) in [6.07, 6.45) is 2.29. The highest BCUT2D eigenvalue weighted by atomic mass is 16.3. The Morgan fingerprint density at radius 3 is 1.60 bits per heavy atom. The van der Waals surface area contributed by atoms with E-state index in [2.05, 4.69) is 77.9 Å². The molecule has 0 heterocycles. The Kier molecular flexibility index (Phi) is 6.70. The van der Waals surface area contributed by atoms with Crippen LogP contribution in [0.5, 0.6) is 5.75 Å². The highest BCUT2D eigenvalue weighted by Gasteiger charge is 2.13. The maximum absolute atomic E-state index is 10.2. The summed E-state index contributed by atoms with van der Waals surface area (Å²) in [5.41, 5.74) is 5.11. The summed E-state index contributed by atoms with van der Waals surface area (Å²) in [4.78, 5) is 0. The quantitative estimate of drug-likeness (QED) is 0.560. The molecule has 1 nitrogen and oxygen atoms in total. The number of rotatable bonds is 7. The van der Waals surface area contributed by atoms with Crippen molar-refractivity contribution in [2.45, 2.75) is 78.1 Å². The Bertz CT molecular complexity index is 667. The van der Waals surface area contributed by atoms with Crippen LogP contribution in [0.3, 0.4) is 0 Å². The topological polar surface area (TPSA) is 20.2 Å². The van der Waals surface area contributed by atoms with Gasteiger partial charge in [-0.1, -0.05) is 77.9 Å². The summed E-state index contributed by atoms with van der Waals surface area (Å²) in [5, 5.41) is 10.2. The highest BCUT2D eigenvalue weighted by molar-refractivity contribution is 5.39. The van der Waals surface area contributed by atoms with Gasteiger partial charge in [0.25, 0.3) is 0 Å². The van der Waals surface area contributed by atoms with Crippen LogP contribution in [0.25, 0.3) is 0 Å². The second kappa shape index (κ2) is 8.56. The van der Waals surface area contributed by atoms with E-state index >= 15 is 0 Å². The average molecular weight is 339 g/mol. The molecule has 0 aromatic heterocycles. The fourth-order valence-electron chi connectivity index (χ4n) is 3.40. The van der Waals surface area contributed by atoms with Crippen LogP contribution in [0.1, 0.15) is 100 Å². The van der Waals surface area contributed by atoms with E-state index in [-0.39, 0.29) is 0 Å². The zero-order chi connectivity index (χ0) is 18.6. The number of phenols is 1. The van der Waals surface area contributed by atoms with Gasteiger partial charge in [-0.05, 0) is 64.8 Å². The molecule has 0 saturated carbocycles. The van der Waals surface area contributed by atoms with E-state index in [9.17, 15) is 5.11 Å². The van der Waals surface area contributed by atoms with Crippen LogP contribution < -0.4 is 0 Å². The summed E-state index contributed by atoms with van der Waals surface area (Å²) in [6, 6.07) is 15.3. The minimum absolute atomic E-state index is 0.359. The van der Waals surface area contributed by atoms with Gasteiger partial charge in [-0.3, -0.25) is 0 Å². The molecule has 2 rings (SSSR count). The lowest BCUT2D eigenvalue weighted by atomic mass is 9.87. The van der Waals surface area contributed by atoms with Crippen molar-refractivity contribution >= 4 is 0 Å². The maximum Gasteiger partial charge on any atom is 0.119 e. The Hall–Kier alpha value is -1.76. The molecule has 2 unspecified atom stereocenters. The largest absolute Gasteiger partial charge is 0.508 e. The zero-order valence-electron chi connectivity index (χ0n) is 16.7. The van der Waals surface area contributed by atoms with Crippen molar-refractivity contribution in [2.75, 3.05) is 0 Å². The van der Waals surface area contributed by atoms with Crippen LogP contribution >= 0.6 is 0 Å². The van der Waals surface area contributed by atoms with Gasteiger partial charge in [-0.2, -0.15) is 0 Å². The molecule has 2 aromatic carbocycles. The third-order valence-electron chi connectivity index (χ3n) is 5.45. The first-order chi connectivity index (χ1) is 11.8. The number of hydrogen-bond donors (Lipinski definition) is 1. The van der Waals surface area contributed by atoms with E-state index in [4.69, 9.17) is 0 Å². The molecule has 0 radical (unpaired) electrons. The van der Waals surface area contributed by atoms with Gasteiger partial charge in [0, 0.05) is 0 Å². The van der Waals surface area contributed by atoms with Gasteiger partial charge in [0.1, 0.15) is 5.75 Å². The third kappa shape index (κ3) is 5.11. The molecule has 2 aromatic rings. The Balaban J connectivity index is 1.96. The van der Waals surface area contributed by atoms with Gasteiger partial charge in [0.15, 0.2) is 0 Å². The zero-order valence-corrected chi connectivity index (χ0v) is 16.7. The van der Waals surface area contributed by atoms with E-state index in [0.717, 1.165) is 18.4 Å². The lowest BCUT2D eigenvalue weighted by molar-refractivity contribution is 0.462. The fraction of sp³-hybridized carbons (Fsp3) is 0.500. The molecule has 0 spiro atoms. The van der Waals surface area contributed by atoms with Crippen molar-refractivity contribution in [3.05, 3.63) is 64.7 Å². The number of phenolic OH excluding ortho intramolecular Hbond substituents is 1. The number of benzene rings is 2. The second-order valence-corrected chi connectivity index (χ2v) is 8.17. The van der Waals surface area contributed by atoms with Crippen LogP contribution in [-0.4, -0.2) is 5.11 Å². The molecular formula is C24H34O. The van der Waals surface area contributed by atoms with E-state index in [1.54, 1.807) is 0 Å². The van der Waals surface area contributed by atoms with Crippen LogP contribution in [0.4, 0.5) is 0 Å². The van der Waals surface area contributed by atoms with Crippen molar-refractivity contribution < 1.29 is 5.11 Å². The molecule has 0 amide bonds. The van der Waals surface area contributed by atoms with Crippen molar-refractivity contribution in [1.29, 1.82) is 0 Å². The van der Waals surface area contributed by atoms with E-state index in [1.165, 1.54) is 16.7 Å². The van der Waals surface area contributed by atoms with E-state index in [0.29, 0.717) is 29.4 Å². The normalized spacial score (nSPS) is 14.1. The predicted octanol–water partition coefficient (Wildman–Crippen LogP) is 7.33. The lowest BCUT2D eigenvalue weighted by Gasteiger charge is -2.18. The van der Waals surface area contributed by atoms with Gasteiger partial charge in [0.2, 0.25) is 0 Å². The molecule has 1 N–H and O–H groups in total. The lowest BCUT2D eigenvalue weighted by Crippen LogP contribution is -2.00. The van der Waals surface area contributed by atoms with Gasteiger partial charge in [-0.25, -0.2) is 0 Å². The van der Waals surface area contributed by atoms with E-state index in [1.807, 2.05) is 6.07 Å². The van der Waals surface area contributed by atoms with E-state index < -0.39 is 0 Å². The van der Waals surface area contributed by atoms with Crippen LogP contribution in [0.2, 0.25) is 0 Å². The average Bonchev–Trinajstić information content (AvgIpc) is 2.58. The van der Waals surface area contributed by atoms with Gasteiger partial charge in [0.05, 0.1) is 0 Å². The SMILES string of the molecule is CC(C)c1ccc(C(C)CCC(C)c2ccc(C(C)C)c(O)c2)cc1. The molecule has 136 valence electrons. The van der Waals surface area contributed by atoms with Gasteiger partial charge in [-0.15, -0.1) is 0 Å². The Labute approximate surface area is 154 Å². The minimum Gasteiger partial charge on any atom is -0.508 e. The monoisotopic (exact) mass is 338 g/mol. The second-order valence-electron chi connectivity index (χ2n) is 8.17. The first kappa shape index (κ1) is 19.6. The number of aromatic hydroxyl groups is 1. The first-order valence-electron chi connectivity index (χ1n) is 9.72. The molecule has 0 fully saturated rings. The summed E-state index contributed by atoms with van der Waals surface area (Å²) < 4.78 is 0. The molecular weight excluding hydrogens is 304 g/mol. The molecule has 0 aliphatic rings. The van der Waals surface area contributed by atoms with Crippen molar-refractivity contribution in [3.8, 4) is 5.75 Å². The molecule has 0 aliphatic heterocycles. The van der Waals surface area contributed by atoms with Crippen LogP contribution in [-0.2, 0) is 0 Å². The maximum atomic E-state index is 10.2. The van der Waals surface area contributed by atoms with Gasteiger partial charge >= 0.3 is 0 Å². The minimum atomic E-state index is 0.359. The molecule has 1 heteroatoms. The smallest absolute Gasteiger partial charge is 0.119 e. The fourth-order valence-corrected chi connectivity index (χ4v) is 3.40. The van der Waals surface area contributed by atoms with Crippen molar-refractivity contribution in [2.24, 2.45) is 0 Å². The third-order valence-corrected chi connectivity index (χ3v) is 5.45. The Morgan fingerprint density at radius 2 is 1.12 bits per heavy atom. The molecule has 2 atom stereocenters. The summed E-state index contributed by atoms with van der Waals surface area (Å²) in [7, 11) is 0.